The molecule has 2 aromatic heterocycles. The number of fused-ring (bicyclic) bond motifs is 1. The molecule has 2 aromatic rings. The van der Waals surface area contributed by atoms with E-state index in [4.69, 9.17) is 4.98 Å². The molecule has 5 nitrogen and oxygen atoms in total. The highest BCUT2D eigenvalue weighted by Gasteiger charge is 2.12. The summed E-state index contributed by atoms with van der Waals surface area (Å²) in [6.45, 7) is 6.52. The summed E-state index contributed by atoms with van der Waals surface area (Å²) < 4.78 is 0. The molecule has 1 N–H and O–H groups in total. The third-order valence-electron chi connectivity index (χ3n) is 4.59. The topological polar surface area (TPSA) is 43.8 Å². The third-order valence-corrected chi connectivity index (χ3v) is 5.77. The summed E-state index contributed by atoms with van der Waals surface area (Å²) in [4.78, 5) is 15.2. The molecular formula is C22H27N5S. The molecule has 0 amide bonds. The lowest BCUT2D eigenvalue weighted by atomic mass is 10.1. The summed E-state index contributed by atoms with van der Waals surface area (Å²) in [6, 6.07) is 6.46. The largest absolute Gasteiger partial charge is 0.368 e. The number of dihydropyridines is 1. The van der Waals surface area contributed by atoms with Crippen molar-refractivity contribution in [2.24, 2.45) is 4.99 Å². The van der Waals surface area contributed by atoms with Crippen molar-refractivity contribution in [1.29, 1.82) is 0 Å². The maximum atomic E-state index is 4.90. The van der Waals surface area contributed by atoms with Crippen molar-refractivity contribution in [3.8, 4) is 0 Å². The molecule has 0 aromatic carbocycles. The second-order valence-electron chi connectivity index (χ2n) is 7.12. The summed E-state index contributed by atoms with van der Waals surface area (Å²) >= 11 is 1.72. The first kappa shape index (κ1) is 19.9. The molecule has 0 fully saturated rings. The van der Waals surface area contributed by atoms with Crippen molar-refractivity contribution in [1.82, 2.24) is 20.1 Å². The van der Waals surface area contributed by atoms with E-state index < -0.39 is 0 Å². The number of hydrogen-bond acceptors (Lipinski definition) is 6. The van der Waals surface area contributed by atoms with Crippen LogP contribution in [0.4, 0.5) is 0 Å². The number of pyridine rings is 1. The summed E-state index contributed by atoms with van der Waals surface area (Å²) in [5.41, 5.74) is 3.41. The second-order valence-corrected chi connectivity index (χ2v) is 8.15. The van der Waals surface area contributed by atoms with Gasteiger partial charge in [-0.2, -0.15) is 0 Å². The molecular weight excluding hydrogens is 366 g/mol. The highest BCUT2D eigenvalue weighted by Crippen LogP contribution is 2.31. The lowest BCUT2D eigenvalue weighted by molar-refractivity contribution is 0.468. The van der Waals surface area contributed by atoms with Crippen molar-refractivity contribution in [2.45, 2.75) is 6.92 Å². The predicted octanol–water partition coefficient (Wildman–Crippen LogP) is 4.19. The van der Waals surface area contributed by atoms with Crippen molar-refractivity contribution in [2.75, 3.05) is 34.7 Å². The highest BCUT2D eigenvalue weighted by molar-refractivity contribution is 7.19. The molecule has 1 aliphatic heterocycles. The molecule has 0 atom stereocenters. The van der Waals surface area contributed by atoms with E-state index in [9.17, 15) is 0 Å². The minimum absolute atomic E-state index is 0.784. The van der Waals surface area contributed by atoms with Crippen LogP contribution in [0.15, 0.2) is 59.1 Å². The van der Waals surface area contributed by atoms with Gasteiger partial charge >= 0.3 is 0 Å². The molecule has 28 heavy (non-hydrogen) atoms. The van der Waals surface area contributed by atoms with Crippen molar-refractivity contribution in [3.63, 3.8) is 0 Å². The molecule has 1 aliphatic rings. The zero-order valence-corrected chi connectivity index (χ0v) is 18.0. The lowest BCUT2D eigenvalue weighted by Gasteiger charge is -2.22. The van der Waals surface area contributed by atoms with Gasteiger partial charge in [-0.25, -0.2) is 9.98 Å². The molecule has 0 radical (unpaired) electrons. The fraction of sp³-hybridized carbons (Fsp3) is 0.273. The zero-order chi connectivity index (χ0) is 20.3. The van der Waals surface area contributed by atoms with E-state index in [0.29, 0.717) is 0 Å². The summed E-state index contributed by atoms with van der Waals surface area (Å²) in [5.74, 6) is 1.95. The van der Waals surface area contributed by atoms with Gasteiger partial charge in [0, 0.05) is 45.0 Å². The van der Waals surface area contributed by atoms with Crippen LogP contribution >= 0.6 is 11.3 Å². The molecule has 0 unspecified atom stereocenters. The van der Waals surface area contributed by atoms with Crippen molar-refractivity contribution < 1.29 is 0 Å². The van der Waals surface area contributed by atoms with E-state index in [1.54, 1.807) is 11.3 Å². The number of allylic oxidation sites excluding steroid dienone is 5. The Labute approximate surface area is 171 Å². The molecule has 3 heterocycles. The van der Waals surface area contributed by atoms with Crippen LogP contribution < -0.4 is 5.32 Å². The van der Waals surface area contributed by atoms with Gasteiger partial charge in [-0.15, -0.1) is 11.3 Å². The molecule has 0 spiro atoms. The molecule has 0 bridgehead atoms. The van der Waals surface area contributed by atoms with Crippen LogP contribution in [0.5, 0.6) is 0 Å². The van der Waals surface area contributed by atoms with E-state index in [2.05, 4.69) is 65.3 Å². The van der Waals surface area contributed by atoms with Gasteiger partial charge in [0.05, 0.1) is 5.69 Å². The van der Waals surface area contributed by atoms with Crippen LogP contribution in [0, 0.1) is 0 Å². The first-order valence-corrected chi connectivity index (χ1v) is 9.96. The van der Waals surface area contributed by atoms with Gasteiger partial charge in [0.15, 0.2) is 0 Å². The quantitative estimate of drug-likeness (QED) is 0.590. The van der Waals surface area contributed by atoms with Crippen LogP contribution in [-0.4, -0.2) is 56.2 Å². The first-order valence-electron chi connectivity index (χ1n) is 9.15. The van der Waals surface area contributed by atoms with Gasteiger partial charge in [0.2, 0.25) is 0 Å². The normalized spacial score (nSPS) is 15.0. The summed E-state index contributed by atoms with van der Waals surface area (Å²) in [7, 11) is 7.99. The SMILES string of the molecule is C=N/C(=C\C=C(/C)c1cc2ccc(C3=CC=C(N(C)C)NC3)nc2s1)N(C)C. The second kappa shape index (κ2) is 8.44. The average Bonchev–Trinajstić information content (AvgIpc) is 3.11. The maximum absolute atomic E-state index is 4.90. The Morgan fingerprint density at radius 3 is 2.61 bits per heavy atom. The Kier molecular flexibility index (Phi) is 5.99. The fourth-order valence-corrected chi connectivity index (χ4v) is 3.89. The summed E-state index contributed by atoms with van der Waals surface area (Å²) in [6.07, 6.45) is 8.31. The number of rotatable bonds is 6. The van der Waals surface area contributed by atoms with E-state index in [1.165, 1.54) is 21.4 Å². The van der Waals surface area contributed by atoms with E-state index in [-0.39, 0.29) is 0 Å². The molecule has 0 aliphatic carbocycles. The lowest BCUT2D eigenvalue weighted by Crippen LogP contribution is -2.28. The Morgan fingerprint density at radius 1 is 1.21 bits per heavy atom. The minimum Gasteiger partial charge on any atom is -0.368 e. The first-order chi connectivity index (χ1) is 13.4. The summed E-state index contributed by atoms with van der Waals surface area (Å²) in [5, 5.41) is 4.60. The van der Waals surface area contributed by atoms with Crippen LogP contribution in [-0.2, 0) is 0 Å². The number of aliphatic imine (C=N–C) groups is 1. The Morgan fingerprint density at radius 2 is 2.00 bits per heavy atom. The molecule has 6 heteroatoms. The van der Waals surface area contributed by atoms with Crippen LogP contribution in [0.2, 0.25) is 0 Å². The van der Waals surface area contributed by atoms with Crippen molar-refractivity contribution >= 4 is 39.4 Å². The fourth-order valence-electron chi connectivity index (χ4n) is 2.88. The van der Waals surface area contributed by atoms with Gasteiger partial charge in [0.25, 0.3) is 0 Å². The highest BCUT2D eigenvalue weighted by atomic mass is 32.1. The Hall–Kier alpha value is -2.86. The Balaban J connectivity index is 1.88. The van der Waals surface area contributed by atoms with Gasteiger partial charge in [-0.05, 0) is 55.1 Å². The van der Waals surface area contributed by atoms with E-state index in [0.717, 1.165) is 28.7 Å². The van der Waals surface area contributed by atoms with Gasteiger partial charge in [-0.3, -0.25) is 0 Å². The number of thiophene rings is 1. The van der Waals surface area contributed by atoms with E-state index in [1.807, 2.05) is 39.2 Å². The average molecular weight is 394 g/mol. The standard InChI is InChI=1S/C22H27N5S/c1-15(7-11-20(23-2)26(3)4)19-13-16-8-10-18(25-22(16)28-19)17-9-12-21(24-14-17)27(5)6/h7-13,24H,2,14H2,1,3-6H3/b15-7+,20-11+. The number of hydrogen-bond donors (Lipinski definition) is 1. The third kappa shape index (κ3) is 4.34. The number of nitrogens with zero attached hydrogens (tertiary/aromatic N) is 4. The smallest absolute Gasteiger partial charge is 0.127 e. The Bertz CT molecular complexity index is 1010. The minimum atomic E-state index is 0.784. The van der Waals surface area contributed by atoms with Crippen LogP contribution in [0.1, 0.15) is 17.5 Å². The van der Waals surface area contributed by atoms with Gasteiger partial charge in [0.1, 0.15) is 16.5 Å². The van der Waals surface area contributed by atoms with Gasteiger partial charge in [-0.1, -0.05) is 12.2 Å². The predicted molar refractivity (Wildman–Crippen MR) is 122 cm³/mol. The zero-order valence-electron chi connectivity index (χ0n) is 17.2. The van der Waals surface area contributed by atoms with Crippen molar-refractivity contribution in [3.05, 3.63) is 64.7 Å². The molecule has 3 rings (SSSR count). The van der Waals surface area contributed by atoms with Crippen LogP contribution in [0.3, 0.4) is 0 Å². The number of nitrogens with one attached hydrogen (secondary N) is 1. The number of aromatic nitrogens is 1. The van der Waals surface area contributed by atoms with Gasteiger partial charge < -0.3 is 15.1 Å². The molecule has 0 saturated carbocycles. The molecule has 146 valence electrons. The van der Waals surface area contributed by atoms with E-state index >= 15 is 0 Å². The maximum Gasteiger partial charge on any atom is 0.127 e. The van der Waals surface area contributed by atoms with Crippen LogP contribution in [0.25, 0.3) is 21.4 Å². The molecule has 0 saturated heterocycles. The monoisotopic (exact) mass is 393 g/mol.